The number of aryl methyl sites for hydroxylation is 1. The maximum Gasteiger partial charge on any atom is 0.255 e. The lowest BCUT2D eigenvalue weighted by atomic mass is 10.1. The molecule has 1 saturated heterocycles. The van der Waals surface area contributed by atoms with Crippen LogP contribution in [0.25, 0.3) is 5.69 Å². The van der Waals surface area contributed by atoms with E-state index in [4.69, 9.17) is 0 Å². The lowest BCUT2D eigenvalue weighted by Crippen LogP contribution is -2.48. The zero-order chi connectivity index (χ0) is 23.3. The number of hydrogen-bond acceptors (Lipinski definition) is 8. The lowest BCUT2D eigenvalue weighted by molar-refractivity contribution is 0.0624. The summed E-state index contributed by atoms with van der Waals surface area (Å²) in [6, 6.07) is 17.6. The quantitative estimate of drug-likeness (QED) is 0.365. The van der Waals surface area contributed by atoms with Crippen LogP contribution in [0, 0.1) is 6.92 Å². The fourth-order valence-corrected chi connectivity index (χ4v) is 5.52. The molecule has 174 valence electrons. The highest BCUT2D eigenvalue weighted by molar-refractivity contribution is 7.98. The van der Waals surface area contributed by atoms with Gasteiger partial charge in [0.25, 0.3) is 5.91 Å². The van der Waals surface area contributed by atoms with E-state index in [1.54, 1.807) is 27.8 Å². The highest BCUT2D eigenvalue weighted by Gasteiger charge is 2.24. The molecule has 0 spiro atoms. The van der Waals surface area contributed by atoms with Crippen molar-refractivity contribution < 1.29 is 4.79 Å². The first-order valence-corrected chi connectivity index (χ1v) is 13.0. The number of hydrogen-bond donors (Lipinski definition) is 0. The molecule has 3 heterocycles. The zero-order valence-corrected chi connectivity index (χ0v) is 20.5. The monoisotopic (exact) mass is 491 g/mol. The van der Waals surface area contributed by atoms with E-state index in [-0.39, 0.29) is 5.91 Å². The molecule has 2 aromatic heterocycles. The van der Waals surface area contributed by atoms with E-state index < -0.39 is 0 Å². The number of aromatic nitrogens is 5. The molecular formula is C24H25N7OS2. The molecule has 0 atom stereocenters. The average Bonchev–Trinajstić information content (AvgIpc) is 3.52. The first-order valence-electron chi connectivity index (χ1n) is 11.1. The summed E-state index contributed by atoms with van der Waals surface area (Å²) in [5, 5.41) is 15.4. The Morgan fingerprint density at radius 1 is 1.03 bits per heavy atom. The van der Waals surface area contributed by atoms with Crippen molar-refractivity contribution in [1.82, 2.24) is 35.0 Å². The van der Waals surface area contributed by atoms with Crippen LogP contribution in [0.15, 0.2) is 64.9 Å². The SMILES string of the molecule is Cc1nc(CN2CCN(C(=O)c3ccccc3SCc3nnnn3-c3ccccc3)CC2)cs1. The molecule has 5 rings (SSSR count). The average molecular weight is 492 g/mol. The number of carbonyl (C=O) groups excluding carboxylic acids is 1. The van der Waals surface area contributed by atoms with Gasteiger partial charge in [0.05, 0.1) is 27.7 Å². The molecule has 1 aliphatic heterocycles. The van der Waals surface area contributed by atoms with Gasteiger partial charge in [-0.3, -0.25) is 9.69 Å². The standard InChI is InChI=1S/C24H25N7OS2/c1-18-25-19(16-33-18)15-29-11-13-30(14-12-29)24(32)21-9-5-6-10-22(21)34-17-23-26-27-28-31(23)20-7-3-2-4-8-20/h2-10,16H,11-15,17H2,1H3. The molecule has 0 bridgehead atoms. The third-order valence-electron chi connectivity index (χ3n) is 5.72. The Labute approximate surface area is 206 Å². The second-order valence-corrected chi connectivity index (χ2v) is 10.1. The zero-order valence-electron chi connectivity index (χ0n) is 18.9. The molecule has 0 saturated carbocycles. The normalized spacial score (nSPS) is 14.4. The molecule has 1 aliphatic rings. The lowest BCUT2D eigenvalue weighted by Gasteiger charge is -2.34. The summed E-state index contributed by atoms with van der Waals surface area (Å²) < 4.78 is 1.74. The Hall–Kier alpha value is -3.08. The maximum atomic E-state index is 13.4. The number of amides is 1. The van der Waals surface area contributed by atoms with Crippen molar-refractivity contribution in [3.8, 4) is 5.69 Å². The molecule has 0 unspecified atom stereocenters. The molecule has 0 radical (unpaired) electrons. The summed E-state index contributed by atoms with van der Waals surface area (Å²) in [6.07, 6.45) is 0. The number of thioether (sulfide) groups is 1. The van der Waals surface area contributed by atoms with Gasteiger partial charge in [0, 0.05) is 43.0 Å². The van der Waals surface area contributed by atoms with Crippen LogP contribution in [-0.2, 0) is 12.3 Å². The van der Waals surface area contributed by atoms with Crippen LogP contribution in [0.3, 0.4) is 0 Å². The molecule has 8 nitrogen and oxygen atoms in total. The third kappa shape index (κ3) is 5.19. The van der Waals surface area contributed by atoms with Gasteiger partial charge in [-0.1, -0.05) is 30.3 Å². The van der Waals surface area contributed by atoms with Crippen LogP contribution in [0.4, 0.5) is 0 Å². The molecule has 2 aromatic carbocycles. The molecule has 34 heavy (non-hydrogen) atoms. The van der Waals surface area contributed by atoms with E-state index in [9.17, 15) is 4.79 Å². The minimum absolute atomic E-state index is 0.0786. The smallest absolute Gasteiger partial charge is 0.255 e. The van der Waals surface area contributed by atoms with Gasteiger partial charge in [0.2, 0.25) is 0 Å². The van der Waals surface area contributed by atoms with Crippen molar-refractivity contribution in [2.45, 2.75) is 24.1 Å². The number of para-hydroxylation sites is 1. The summed E-state index contributed by atoms with van der Waals surface area (Å²) in [7, 11) is 0. The van der Waals surface area contributed by atoms with E-state index in [1.807, 2.05) is 66.4 Å². The van der Waals surface area contributed by atoms with Crippen LogP contribution >= 0.6 is 23.1 Å². The van der Waals surface area contributed by atoms with Crippen molar-refractivity contribution in [3.63, 3.8) is 0 Å². The minimum atomic E-state index is 0.0786. The van der Waals surface area contributed by atoms with Crippen LogP contribution in [0.2, 0.25) is 0 Å². The number of benzene rings is 2. The molecule has 4 aromatic rings. The topological polar surface area (TPSA) is 80.0 Å². The Morgan fingerprint density at radius 2 is 1.79 bits per heavy atom. The first-order chi connectivity index (χ1) is 16.7. The fourth-order valence-electron chi connectivity index (χ4n) is 3.97. The predicted octanol–water partition coefficient (Wildman–Crippen LogP) is 3.68. The number of thiazole rings is 1. The summed E-state index contributed by atoms with van der Waals surface area (Å²) in [4.78, 5) is 23.2. The number of tetrazole rings is 1. The predicted molar refractivity (Wildman–Crippen MR) is 133 cm³/mol. The summed E-state index contributed by atoms with van der Waals surface area (Å²) in [5.74, 6) is 1.38. The Kier molecular flexibility index (Phi) is 6.98. The highest BCUT2D eigenvalue weighted by Crippen LogP contribution is 2.27. The van der Waals surface area contributed by atoms with Gasteiger partial charge in [0.1, 0.15) is 0 Å². The number of carbonyl (C=O) groups is 1. The van der Waals surface area contributed by atoms with Crippen molar-refractivity contribution in [2.75, 3.05) is 26.2 Å². The van der Waals surface area contributed by atoms with E-state index in [0.717, 1.165) is 52.3 Å². The van der Waals surface area contributed by atoms with E-state index in [2.05, 4.69) is 30.8 Å². The Bertz CT molecular complexity index is 1250. The van der Waals surface area contributed by atoms with Crippen LogP contribution in [0.1, 0.15) is 26.9 Å². The second kappa shape index (κ2) is 10.5. The van der Waals surface area contributed by atoms with Gasteiger partial charge in [-0.15, -0.1) is 28.2 Å². The molecule has 0 aliphatic carbocycles. The first kappa shape index (κ1) is 22.7. The summed E-state index contributed by atoms with van der Waals surface area (Å²) in [6.45, 7) is 6.00. The largest absolute Gasteiger partial charge is 0.336 e. The molecular weight excluding hydrogens is 466 g/mol. The maximum absolute atomic E-state index is 13.4. The minimum Gasteiger partial charge on any atom is -0.336 e. The van der Waals surface area contributed by atoms with Gasteiger partial charge < -0.3 is 4.90 Å². The van der Waals surface area contributed by atoms with Crippen molar-refractivity contribution in [2.24, 2.45) is 0 Å². The van der Waals surface area contributed by atoms with Gasteiger partial charge >= 0.3 is 0 Å². The Balaban J connectivity index is 1.22. The molecule has 0 N–H and O–H groups in total. The number of nitrogens with zero attached hydrogens (tertiary/aromatic N) is 7. The van der Waals surface area contributed by atoms with Gasteiger partial charge in [-0.05, 0) is 41.6 Å². The van der Waals surface area contributed by atoms with Crippen LogP contribution in [-0.4, -0.2) is 67.1 Å². The summed E-state index contributed by atoms with van der Waals surface area (Å²) >= 11 is 3.26. The fraction of sp³-hybridized carbons (Fsp3) is 0.292. The van der Waals surface area contributed by atoms with E-state index in [1.165, 1.54) is 0 Å². The van der Waals surface area contributed by atoms with Crippen LogP contribution in [0.5, 0.6) is 0 Å². The molecule has 1 amide bonds. The van der Waals surface area contributed by atoms with E-state index in [0.29, 0.717) is 18.8 Å². The van der Waals surface area contributed by atoms with Gasteiger partial charge in [0.15, 0.2) is 5.82 Å². The van der Waals surface area contributed by atoms with Gasteiger partial charge in [-0.25, -0.2) is 4.98 Å². The number of piperazine rings is 1. The van der Waals surface area contributed by atoms with Crippen molar-refractivity contribution >= 4 is 29.0 Å². The third-order valence-corrected chi connectivity index (χ3v) is 7.61. The Morgan fingerprint density at radius 3 is 2.56 bits per heavy atom. The summed E-state index contributed by atoms with van der Waals surface area (Å²) in [5.41, 5.74) is 2.76. The number of rotatable bonds is 7. The van der Waals surface area contributed by atoms with Crippen LogP contribution < -0.4 is 0 Å². The highest BCUT2D eigenvalue weighted by atomic mass is 32.2. The van der Waals surface area contributed by atoms with E-state index >= 15 is 0 Å². The van der Waals surface area contributed by atoms with Crippen molar-refractivity contribution in [3.05, 3.63) is 82.1 Å². The van der Waals surface area contributed by atoms with Gasteiger partial charge in [-0.2, -0.15) is 4.68 Å². The second-order valence-electron chi connectivity index (χ2n) is 8.05. The molecule has 10 heteroatoms. The molecule has 1 fully saturated rings. The van der Waals surface area contributed by atoms with Crippen molar-refractivity contribution in [1.29, 1.82) is 0 Å².